The van der Waals surface area contributed by atoms with Crippen molar-refractivity contribution in [3.8, 4) is 11.8 Å². The standard InChI is InChI=1S/C17H13N3O3/c18-10-11-2-1-3-13(8-11)19-17(22)12-4-5-15-14(9-12)20-16(21)6-7-23-15/h1-5,8-9H,6-7H2,(H,19,22)(H,20,21). The number of hydrogen-bond acceptors (Lipinski definition) is 4. The molecule has 1 aliphatic heterocycles. The van der Waals surface area contributed by atoms with Crippen LogP contribution in [0.25, 0.3) is 0 Å². The van der Waals surface area contributed by atoms with E-state index in [1.165, 1.54) is 0 Å². The van der Waals surface area contributed by atoms with Crippen molar-refractivity contribution in [1.82, 2.24) is 0 Å². The lowest BCUT2D eigenvalue weighted by Gasteiger charge is -2.10. The van der Waals surface area contributed by atoms with Gasteiger partial charge in [0.05, 0.1) is 30.3 Å². The molecule has 0 bridgehead atoms. The number of nitrogens with zero attached hydrogens (tertiary/aromatic N) is 1. The maximum Gasteiger partial charge on any atom is 0.255 e. The number of nitrogens with one attached hydrogen (secondary N) is 2. The summed E-state index contributed by atoms with van der Waals surface area (Å²) >= 11 is 0. The molecule has 0 aromatic heterocycles. The molecule has 0 fully saturated rings. The molecule has 2 aromatic carbocycles. The molecule has 23 heavy (non-hydrogen) atoms. The number of rotatable bonds is 2. The minimum atomic E-state index is -0.332. The molecule has 0 radical (unpaired) electrons. The smallest absolute Gasteiger partial charge is 0.255 e. The first kappa shape index (κ1) is 14.6. The van der Waals surface area contributed by atoms with Gasteiger partial charge in [-0.25, -0.2) is 0 Å². The molecule has 0 aliphatic carbocycles. The number of carbonyl (C=O) groups excluding carboxylic acids is 2. The van der Waals surface area contributed by atoms with E-state index in [0.717, 1.165) is 0 Å². The summed E-state index contributed by atoms with van der Waals surface area (Å²) in [5.74, 6) is 0.0586. The van der Waals surface area contributed by atoms with Gasteiger partial charge >= 0.3 is 0 Å². The highest BCUT2D eigenvalue weighted by Crippen LogP contribution is 2.28. The summed E-state index contributed by atoms with van der Waals surface area (Å²) in [5.41, 5.74) is 1.86. The Kier molecular flexibility index (Phi) is 3.93. The number of nitriles is 1. The maximum absolute atomic E-state index is 12.3. The molecule has 0 spiro atoms. The fourth-order valence-electron chi connectivity index (χ4n) is 2.23. The fourth-order valence-corrected chi connectivity index (χ4v) is 2.23. The predicted molar refractivity (Wildman–Crippen MR) is 84.3 cm³/mol. The summed E-state index contributed by atoms with van der Waals surface area (Å²) in [5, 5.41) is 14.3. The van der Waals surface area contributed by atoms with Crippen LogP contribution in [0.2, 0.25) is 0 Å². The topological polar surface area (TPSA) is 91.2 Å². The number of benzene rings is 2. The highest BCUT2D eigenvalue weighted by Gasteiger charge is 2.16. The van der Waals surface area contributed by atoms with Gasteiger partial charge in [-0.3, -0.25) is 9.59 Å². The van der Waals surface area contributed by atoms with Crippen molar-refractivity contribution in [3.63, 3.8) is 0 Å². The first-order chi connectivity index (χ1) is 11.2. The van der Waals surface area contributed by atoms with Gasteiger partial charge in [0.25, 0.3) is 5.91 Å². The average molecular weight is 307 g/mol. The molecule has 2 amide bonds. The van der Waals surface area contributed by atoms with Gasteiger partial charge in [0, 0.05) is 11.3 Å². The van der Waals surface area contributed by atoms with E-state index in [1.807, 2.05) is 6.07 Å². The van der Waals surface area contributed by atoms with E-state index in [9.17, 15) is 9.59 Å². The summed E-state index contributed by atoms with van der Waals surface area (Å²) in [6, 6.07) is 13.5. The molecule has 0 atom stereocenters. The number of hydrogen-bond donors (Lipinski definition) is 2. The molecule has 3 rings (SSSR count). The maximum atomic E-state index is 12.3. The summed E-state index contributed by atoms with van der Waals surface area (Å²) in [7, 11) is 0. The van der Waals surface area contributed by atoms with Crippen LogP contribution in [-0.2, 0) is 4.79 Å². The Bertz CT molecular complexity index is 824. The monoisotopic (exact) mass is 307 g/mol. The van der Waals surface area contributed by atoms with Crippen molar-refractivity contribution in [3.05, 3.63) is 53.6 Å². The van der Waals surface area contributed by atoms with Gasteiger partial charge in [-0.05, 0) is 36.4 Å². The second-order valence-electron chi connectivity index (χ2n) is 5.00. The van der Waals surface area contributed by atoms with Gasteiger partial charge in [0.1, 0.15) is 5.75 Å². The molecular formula is C17H13N3O3. The van der Waals surface area contributed by atoms with E-state index in [0.29, 0.717) is 34.9 Å². The first-order valence-corrected chi connectivity index (χ1v) is 7.04. The molecule has 0 saturated heterocycles. The van der Waals surface area contributed by atoms with Crippen LogP contribution in [0.3, 0.4) is 0 Å². The average Bonchev–Trinajstić information content (AvgIpc) is 2.74. The Hall–Kier alpha value is -3.33. The van der Waals surface area contributed by atoms with Crippen LogP contribution in [0.4, 0.5) is 11.4 Å². The molecule has 0 saturated carbocycles. The van der Waals surface area contributed by atoms with E-state index in [1.54, 1.807) is 42.5 Å². The molecule has 1 heterocycles. The molecule has 6 nitrogen and oxygen atoms in total. The van der Waals surface area contributed by atoms with Crippen LogP contribution in [0.1, 0.15) is 22.3 Å². The second kappa shape index (κ2) is 6.20. The number of anilines is 2. The minimum absolute atomic E-state index is 0.150. The Balaban J connectivity index is 1.82. The third-order valence-electron chi connectivity index (χ3n) is 3.35. The first-order valence-electron chi connectivity index (χ1n) is 7.04. The zero-order valence-corrected chi connectivity index (χ0v) is 12.1. The third-order valence-corrected chi connectivity index (χ3v) is 3.35. The molecule has 2 aromatic rings. The summed E-state index contributed by atoms with van der Waals surface area (Å²) in [6.07, 6.45) is 0.275. The minimum Gasteiger partial charge on any atom is -0.491 e. The van der Waals surface area contributed by atoms with E-state index >= 15 is 0 Å². The summed E-state index contributed by atoms with van der Waals surface area (Å²) in [6.45, 7) is 0.311. The largest absolute Gasteiger partial charge is 0.491 e. The van der Waals surface area contributed by atoms with Crippen molar-refractivity contribution in [2.75, 3.05) is 17.2 Å². The lowest BCUT2D eigenvalue weighted by atomic mass is 10.1. The van der Waals surface area contributed by atoms with Gasteiger partial charge < -0.3 is 15.4 Å². The van der Waals surface area contributed by atoms with E-state index in [-0.39, 0.29) is 18.2 Å². The Morgan fingerprint density at radius 1 is 1.26 bits per heavy atom. The molecule has 2 N–H and O–H groups in total. The summed E-state index contributed by atoms with van der Waals surface area (Å²) < 4.78 is 5.45. The SMILES string of the molecule is N#Cc1cccc(NC(=O)c2ccc3c(c2)NC(=O)CCO3)c1. The van der Waals surface area contributed by atoms with E-state index in [4.69, 9.17) is 10.00 Å². The number of amides is 2. The van der Waals surface area contributed by atoms with Crippen molar-refractivity contribution in [2.24, 2.45) is 0 Å². The fraction of sp³-hybridized carbons (Fsp3) is 0.118. The van der Waals surface area contributed by atoms with E-state index in [2.05, 4.69) is 10.6 Å². The normalized spacial score (nSPS) is 12.9. The zero-order valence-electron chi connectivity index (χ0n) is 12.1. The van der Waals surface area contributed by atoms with Crippen molar-refractivity contribution < 1.29 is 14.3 Å². The number of fused-ring (bicyclic) bond motifs is 1. The van der Waals surface area contributed by atoms with Crippen LogP contribution < -0.4 is 15.4 Å². The van der Waals surface area contributed by atoms with Crippen LogP contribution in [0, 0.1) is 11.3 Å². The molecule has 6 heteroatoms. The lowest BCUT2D eigenvalue weighted by Crippen LogP contribution is -2.13. The van der Waals surface area contributed by atoms with Gasteiger partial charge in [-0.2, -0.15) is 5.26 Å². The molecular weight excluding hydrogens is 294 g/mol. The van der Waals surface area contributed by atoms with E-state index < -0.39 is 0 Å². The van der Waals surface area contributed by atoms with Gasteiger partial charge in [0.2, 0.25) is 5.91 Å². The molecule has 0 unspecified atom stereocenters. The number of carbonyl (C=O) groups is 2. The Morgan fingerprint density at radius 3 is 2.96 bits per heavy atom. The molecule has 1 aliphatic rings. The summed E-state index contributed by atoms with van der Waals surface area (Å²) in [4.78, 5) is 23.9. The van der Waals surface area contributed by atoms with Gasteiger partial charge in [0.15, 0.2) is 0 Å². The van der Waals surface area contributed by atoms with Crippen LogP contribution in [-0.4, -0.2) is 18.4 Å². The van der Waals surface area contributed by atoms with Gasteiger partial charge in [-0.15, -0.1) is 0 Å². The second-order valence-corrected chi connectivity index (χ2v) is 5.00. The Morgan fingerprint density at radius 2 is 2.13 bits per heavy atom. The third kappa shape index (κ3) is 3.30. The lowest BCUT2D eigenvalue weighted by molar-refractivity contribution is -0.116. The van der Waals surface area contributed by atoms with Crippen molar-refractivity contribution in [1.29, 1.82) is 5.26 Å². The Labute approximate surface area is 132 Å². The van der Waals surface area contributed by atoms with Crippen LogP contribution >= 0.6 is 0 Å². The van der Waals surface area contributed by atoms with Crippen molar-refractivity contribution in [2.45, 2.75) is 6.42 Å². The zero-order chi connectivity index (χ0) is 16.2. The predicted octanol–water partition coefficient (Wildman–Crippen LogP) is 2.53. The highest BCUT2D eigenvalue weighted by atomic mass is 16.5. The van der Waals surface area contributed by atoms with Crippen LogP contribution in [0.5, 0.6) is 5.75 Å². The van der Waals surface area contributed by atoms with Gasteiger partial charge in [-0.1, -0.05) is 6.07 Å². The quantitative estimate of drug-likeness (QED) is 0.892. The van der Waals surface area contributed by atoms with Crippen LogP contribution in [0.15, 0.2) is 42.5 Å². The van der Waals surface area contributed by atoms with Crippen molar-refractivity contribution >= 4 is 23.2 Å². The number of ether oxygens (including phenoxy) is 1. The molecule has 114 valence electrons. The highest BCUT2D eigenvalue weighted by molar-refractivity contribution is 6.06.